The maximum absolute atomic E-state index is 13.2. The van der Waals surface area contributed by atoms with Gasteiger partial charge in [-0.05, 0) is 19.3 Å². The van der Waals surface area contributed by atoms with Crippen molar-refractivity contribution in [2.24, 2.45) is 0 Å². The molecule has 1 aliphatic rings. The number of nitrogens with one attached hydrogen (secondary N) is 1. The van der Waals surface area contributed by atoms with Crippen molar-refractivity contribution in [2.45, 2.75) is 493 Å². The van der Waals surface area contributed by atoms with Crippen LogP contribution in [0.4, 0.5) is 0 Å². The molecule has 7 unspecified atom stereocenters. The number of carbonyl (C=O) groups is 1. The summed E-state index contributed by atoms with van der Waals surface area (Å²) in [6.45, 7) is 3.86. The van der Waals surface area contributed by atoms with Crippen molar-refractivity contribution in [2.75, 3.05) is 13.2 Å². The fraction of sp³-hybridized carbons (Fsp3) is 0.963. The molecule has 91 heavy (non-hydrogen) atoms. The Hall–Kier alpha value is -1.07. The van der Waals surface area contributed by atoms with Crippen molar-refractivity contribution in [1.82, 2.24) is 5.32 Å². The third-order valence-corrected chi connectivity index (χ3v) is 20.4. The largest absolute Gasteiger partial charge is 0.394 e. The monoisotopic (exact) mass is 1290 g/mol. The number of amides is 1. The molecule has 0 saturated carbocycles. The molecule has 9 nitrogen and oxygen atoms in total. The lowest BCUT2D eigenvalue weighted by Gasteiger charge is -2.40. The highest BCUT2D eigenvalue weighted by Crippen LogP contribution is 2.24. The molecule has 542 valence electrons. The number of rotatable bonds is 75. The Morgan fingerprint density at radius 3 is 0.857 bits per heavy atom. The standard InChI is InChI=1S/C82H161NO8/c1-3-5-7-9-11-13-15-17-19-21-23-25-27-29-31-32-33-34-35-36-37-38-39-40-41-42-43-44-46-48-50-52-54-56-58-60-62-64-66-68-70-72-78(86)83-75(74-90-82-81(89)80(88)79(87)77(73-84)91-82)76(85)71-69-67-65-63-61-59-57-55-53-51-49-47-45-30-28-26-24-22-20-18-16-14-12-10-8-6-4-2/h69,71,75-77,79-82,84-85,87-89H,3-68,70,72-74H2,1-2H3,(H,83,86)/b71-69+. The Bertz CT molecular complexity index is 1450. The van der Waals surface area contributed by atoms with Crippen LogP contribution in [0.25, 0.3) is 0 Å². The second-order valence-corrected chi connectivity index (χ2v) is 29.3. The van der Waals surface area contributed by atoms with E-state index in [1.54, 1.807) is 6.08 Å². The molecule has 0 aromatic heterocycles. The molecule has 0 spiro atoms. The zero-order valence-corrected chi connectivity index (χ0v) is 61.2. The lowest BCUT2D eigenvalue weighted by Crippen LogP contribution is -2.60. The molecule has 1 amide bonds. The van der Waals surface area contributed by atoms with Gasteiger partial charge in [-0.3, -0.25) is 4.79 Å². The highest BCUT2D eigenvalue weighted by Gasteiger charge is 2.44. The SMILES string of the molecule is CCCCCCCCCCCCCCCCCCCCCCCCCCC/C=C/C(O)C(COC1OC(CO)C(O)C(O)C1O)NC(=O)CCCCCCCCCCCCCCCCCCCCCCCCCCCCCCCCCCCCCCCCCCC. The lowest BCUT2D eigenvalue weighted by molar-refractivity contribution is -0.302. The van der Waals surface area contributed by atoms with Crippen LogP contribution in [0.15, 0.2) is 12.2 Å². The van der Waals surface area contributed by atoms with Crippen LogP contribution in [-0.4, -0.2) is 87.5 Å². The van der Waals surface area contributed by atoms with E-state index >= 15 is 0 Å². The minimum Gasteiger partial charge on any atom is -0.394 e. The first-order valence-electron chi connectivity index (χ1n) is 41.4. The van der Waals surface area contributed by atoms with E-state index < -0.39 is 49.5 Å². The Kier molecular flexibility index (Phi) is 69.3. The zero-order chi connectivity index (χ0) is 65.7. The topological polar surface area (TPSA) is 149 Å². The number of hydrogen-bond donors (Lipinski definition) is 6. The van der Waals surface area contributed by atoms with Crippen LogP contribution in [0.2, 0.25) is 0 Å². The minimum atomic E-state index is -1.57. The van der Waals surface area contributed by atoms with Gasteiger partial charge in [0.05, 0.1) is 25.4 Å². The van der Waals surface area contributed by atoms with E-state index in [0.717, 1.165) is 38.5 Å². The Morgan fingerprint density at radius 1 is 0.363 bits per heavy atom. The Morgan fingerprint density at radius 2 is 0.604 bits per heavy atom. The molecule has 1 heterocycles. The summed E-state index contributed by atoms with van der Waals surface area (Å²) in [6.07, 6.45) is 88.2. The number of hydrogen-bond acceptors (Lipinski definition) is 8. The zero-order valence-electron chi connectivity index (χ0n) is 61.2. The van der Waals surface area contributed by atoms with Crippen molar-refractivity contribution in [1.29, 1.82) is 0 Å². The maximum atomic E-state index is 13.2. The summed E-state index contributed by atoms with van der Waals surface area (Å²) in [5.74, 6) is -0.165. The number of allylic oxidation sites excluding steroid dienone is 1. The quantitative estimate of drug-likeness (QED) is 0.0261. The fourth-order valence-corrected chi connectivity index (χ4v) is 13.9. The molecular formula is C82H161NO8. The molecule has 0 aromatic carbocycles. The Labute approximate surface area is 567 Å². The van der Waals surface area contributed by atoms with Gasteiger partial charge < -0.3 is 40.3 Å². The average molecular weight is 1290 g/mol. The smallest absolute Gasteiger partial charge is 0.220 e. The van der Waals surface area contributed by atoms with E-state index in [1.165, 1.54) is 392 Å². The van der Waals surface area contributed by atoms with Crippen molar-refractivity contribution in [3.8, 4) is 0 Å². The van der Waals surface area contributed by atoms with Gasteiger partial charge in [0.2, 0.25) is 5.91 Å². The maximum Gasteiger partial charge on any atom is 0.220 e. The van der Waals surface area contributed by atoms with Crippen LogP contribution in [0.3, 0.4) is 0 Å². The molecule has 1 fully saturated rings. The van der Waals surface area contributed by atoms with Crippen LogP contribution in [0.1, 0.15) is 450 Å². The van der Waals surface area contributed by atoms with Crippen LogP contribution >= 0.6 is 0 Å². The molecule has 0 radical (unpaired) electrons. The normalized spacial score (nSPS) is 17.6. The number of aliphatic hydroxyl groups is 5. The summed E-state index contributed by atoms with van der Waals surface area (Å²) >= 11 is 0. The van der Waals surface area contributed by atoms with E-state index in [4.69, 9.17) is 9.47 Å². The third-order valence-electron chi connectivity index (χ3n) is 20.4. The molecule has 7 atom stereocenters. The van der Waals surface area contributed by atoms with Crippen LogP contribution in [-0.2, 0) is 14.3 Å². The van der Waals surface area contributed by atoms with E-state index in [9.17, 15) is 30.3 Å². The highest BCUT2D eigenvalue weighted by molar-refractivity contribution is 5.76. The van der Waals surface area contributed by atoms with Gasteiger partial charge in [-0.15, -0.1) is 0 Å². The first-order chi connectivity index (χ1) is 44.8. The van der Waals surface area contributed by atoms with Gasteiger partial charge in [0.25, 0.3) is 0 Å². The predicted molar refractivity (Wildman–Crippen MR) is 392 cm³/mol. The van der Waals surface area contributed by atoms with Gasteiger partial charge in [-0.25, -0.2) is 0 Å². The van der Waals surface area contributed by atoms with E-state index in [0.29, 0.717) is 6.42 Å². The van der Waals surface area contributed by atoms with Crippen molar-refractivity contribution >= 4 is 5.91 Å². The molecule has 9 heteroatoms. The Balaban J connectivity index is 2.02. The van der Waals surface area contributed by atoms with Gasteiger partial charge in [0.1, 0.15) is 24.4 Å². The molecule has 0 aromatic rings. The summed E-state index contributed by atoms with van der Waals surface area (Å²) in [4.78, 5) is 13.2. The van der Waals surface area contributed by atoms with E-state index in [-0.39, 0.29) is 12.5 Å². The van der Waals surface area contributed by atoms with E-state index in [1.807, 2.05) is 6.08 Å². The second-order valence-electron chi connectivity index (χ2n) is 29.3. The minimum absolute atomic E-state index is 0.165. The van der Waals surface area contributed by atoms with Gasteiger partial charge in [0.15, 0.2) is 6.29 Å². The summed E-state index contributed by atoms with van der Waals surface area (Å²) < 4.78 is 11.4. The lowest BCUT2D eigenvalue weighted by atomic mass is 9.99. The molecule has 6 N–H and O–H groups in total. The summed E-state index contributed by atoms with van der Waals surface area (Å²) in [6, 6.07) is -0.803. The van der Waals surface area contributed by atoms with Gasteiger partial charge in [-0.1, -0.05) is 437 Å². The third kappa shape index (κ3) is 59.9. The number of unbranched alkanes of at least 4 members (excludes halogenated alkanes) is 65. The number of aliphatic hydroxyl groups excluding tert-OH is 5. The van der Waals surface area contributed by atoms with Gasteiger partial charge in [0, 0.05) is 6.42 Å². The molecule has 1 aliphatic heterocycles. The number of carbonyl (C=O) groups excluding carboxylic acids is 1. The number of ether oxygens (including phenoxy) is 2. The summed E-state index contributed by atoms with van der Waals surface area (Å²) in [5.41, 5.74) is 0. The van der Waals surface area contributed by atoms with Gasteiger partial charge in [-0.2, -0.15) is 0 Å². The average Bonchev–Trinajstić information content (AvgIpc) is 1.75. The van der Waals surface area contributed by atoms with Gasteiger partial charge >= 0.3 is 0 Å². The summed E-state index contributed by atoms with van der Waals surface area (Å²) in [7, 11) is 0. The van der Waals surface area contributed by atoms with Crippen LogP contribution in [0, 0.1) is 0 Å². The van der Waals surface area contributed by atoms with Crippen LogP contribution < -0.4 is 5.32 Å². The molecular weight excluding hydrogens is 1130 g/mol. The molecule has 0 bridgehead atoms. The van der Waals surface area contributed by atoms with E-state index in [2.05, 4.69) is 19.2 Å². The van der Waals surface area contributed by atoms with Crippen molar-refractivity contribution in [3.63, 3.8) is 0 Å². The highest BCUT2D eigenvalue weighted by atomic mass is 16.7. The second kappa shape index (κ2) is 71.7. The predicted octanol–water partition coefficient (Wildman–Crippen LogP) is 23.8. The summed E-state index contributed by atoms with van der Waals surface area (Å²) in [5, 5.41) is 54.9. The van der Waals surface area contributed by atoms with Crippen molar-refractivity contribution < 1.29 is 39.8 Å². The molecule has 1 rings (SSSR count). The first-order valence-corrected chi connectivity index (χ1v) is 41.4. The fourth-order valence-electron chi connectivity index (χ4n) is 13.9. The molecule has 0 aliphatic carbocycles. The molecule has 1 saturated heterocycles. The first kappa shape index (κ1) is 87.9. The van der Waals surface area contributed by atoms with Crippen LogP contribution in [0.5, 0.6) is 0 Å². The van der Waals surface area contributed by atoms with Crippen molar-refractivity contribution in [3.05, 3.63) is 12.2 Å².